The average Bonchev–Trinajstić information content (AvgIpc) is 3.26. The lowest BCUT2D eigenvalue weighted by atomic mass is 10.1. The maximum Gasteiger partial charge on any atom is 0.291 e. The first-order valence-corrected chi connectivity index (χ1v) is 10.8. The maximum absolute atomic E-state index is 13.1. The van der Waals surface area contributed by atoms with Crippen molar-refractivity contribution in [3.63, 3.8) is 0 Å². The predicted molar refractivity (Wildman–Crippen MR) is 116 cm³/mol. The molecule has 0 spiro atoms. The number of carbonyl (C=O) groups excluding carboxylic acids is 1. The largest absolute Gasteiger partial charge is 0.451 e. The third-order valence-corrected chi connectivity index (χ3v) is 6.65. The van der Waals surface area contributed by atoms with Gasteiger partial charge in [-0.3, -0.25) is 4.79 Å². The summed E-state index contributed by atoms with van der Waals surface area (Å²) in [6.45, 7) is 5.97. The molecule has 6 heteroatoms. The molecule has 0 unspecified atom stereocenters. The molecule has 0 atom stereocenters. The van der Waals surface area contributed by atoms with E-state index in [4.69, 9.17) is 4.42 Å². The molecule has 142 valence electrons. The number of hydrogen-bond acceptors (Lipinski definition) is 5. The molecule has 2 heterocycles. The van der Waals surface area contributed by atoms with Crippen molar-refractivity contribution in [1.29, 1.82) is 0 Å². The number of fused-ring (bicyclic) bond motifs is 1. The Bertz CT molecular complexity index is 1160. The van der Waals surface area contributed by atoms with E-state index >= 15 is 0 Å². The third-order valence-electron chi connectivity index (χ3n) is 4.48. The van der Waals surface area contributed by atoms with Crippen LogP contribution in [0.4, 0.5) is 5.69 Å². The van der Waals surface area contributed by atoms with Gasteiger partial charge in [0.2, 0.25) is 0 Å². The molecule has 2 aromatic heterocycles. The number of amides is 1. The van der Waals surface area contributed by atoms with Gasteiger partial charge >= 0.3 is 0 Å². The average molecular weight is 409 g/mol. The highest BCUT2D eigenvalue weighted by molar-refractivity contribution is 8.00. The van der Waals surface area contributed by atoms with E-state index in [2.05, 4.69) is 10.3 Å². The van der Waals surface area contributed by atoms with Crippen LogP contribution in [-0.4, -0.2) is 10.9 Å². The van der Waals surface area contributed by atoms with Crippen molar-refractivity contribution in [2.45, 2.75) is 30.9 Å². The van der Waals surface area contributed by atoms with Gasteiger partial charge in [0.25, 0.3) is 5.91 Å². The standard InChI is InChI=1S/C22H20N2O2S2/c1-13-8-9-14(2)18(10-13)24-21(25)20-17(12-28-22-23-15(3)11-27-22)16-6-4-5-7-19(16)26-20/h4-11H,12H2,1-3H3,(H,24,25). The van der Waals surface area contributed by atoms with Crippen molar-refractivity contribution >= 4 is 45.7 Å². The van der Waals surface area contributed by atoms with Crippen LogP contribution in [0.5, 0.6) is 0 Å². The van der Waals surface area contributed by atoms with Crippen LogP contribution in [0, 0.1) is 20.8 Å². The zero-order valence-corrected chi connectivity index (χ0v) is 17.5. The number of furan rings is 1. The van der Waals surface area contributed by atoms with E-state index in [-0.39, 0.29) is 5.91 Å². The number of thiazole rings is 1. The molecule has 0 bridgehead atoms. The Balaban J connectivity index is 1.67. The Kier molecular flexibility index (Phi) is 5.24. The monoisotopic (exact) mass is 408 g/mol. The number of hydrogen-bond donors (Lipinski definition) is 1. The Morgan fingerprint density at radius 2 is 2.00 bits per heavy atom. The second kappa shape index (κ2) is 7.81. The topological polar surface area (TPSA) is 55.1 Å². The first-order valence-electron chi connectivity index (χ1n) is 8.95. The summed E-state index contributed by atoms with van der Waals surface area (Å²) in [7, 11) is 0. The van der Waals surface area contributed by atoms with Crippen molar-refractivity contribution in [1.82, 2.24) is 4.98 Å². The summed E-state index contributed by atoms with van der Waals surface area (Å²) >= 11 is 3.24. The highest BCUT2D eigenvalue weighted by Gasteiger charge is 2.21. The van der Waals surface area contributed by atoms with Crippen molar-refractivity contribution in [3.8, 4) is 0 Å². The molecule has 0 fully saturated rings. The number of aromatic nitrogens is 1. The summed E-state index contributed by atoms with van der Waals surface area (Å²) < 4.78 is 6.94. The van der Waals surface area contributed by atoms with Crippen molar-refractivity contribution < 1.29 is 9.21 Å². The molecule has 0 saturated heterocycles. The Morgan fingerprint density at radius 1 is 1.18 bits per heavy atom. The van der Waals surface area contributed by atoms with Gasteiger partial charge in [-0.05, 0) is 44.0 Å². The van der Waals surface area contributed by atoms with E-state index in [1.165, 1.54) is 0 Å². The summed E-state index contributed by atoms with van der Waals surface area (Å²) in [6, 6.07) is 13.8. The molecular weight excluding hydrogens is 388 g/mol. The van der Waals surface area contributed by atoms with Crippen molar-refractivity contribution in [2.75, 3.05) is 5.32 Å². The molecule has 2 aromatic carbocycles. The lowest BCUT2D eigenvalue weighted by molar-refractivity contribution is 0.0997. The number of benzene rings is 2. The van der Waals surface area contributed by atoms with Crippen LogP contribution in [0.1, 0.15) is 32.9 Å². The summed E-state index contributed by atoms with van der Waals surface area (Å²) in [6.07, 6.45) is 0. The minimum Gasteiger partial charge on any atom is -0.451 e. The fourth-order valence-electron chi connectivity index (χ4n) is 3.01. The molecular formula is C22H20N2O2S2. The Hall–Kier alpha value is -2.57. The highest BCUT2D eigenvalue weighted by atomic mass is 32.2. The molecule has 1 amide bonds. The van der Waals surface area contributed by atoms with E-state index < -0.39 is 0 Å². The van der Waals surface area contributed by atoms with Crippen LogP contribution >= 0.6 is 23.1 Å². The van der Waals surface area contributed by atoms with Crippen molar-refractivity contribution in [3.05, 3.63) is 76.0 Å². The molecule has 4 nitrogen and oxygen atoms in total. The SMILES string of the molecule is Cc1ccc(C)c(NC(=O)c2oc3ccccc3c2CSc2nc(C)cs2)c1. The molecule has 0 radical (unpaired) electrons. The van der Waals surface area contributed by atoms with Gasteiger partial charge in [-0.2, -0.15) is 0 Å². The molecule has 1 N–H and O–H groups in total. The molecule has 4 rings (SSSR count). The lowest BCUT2D eigenvalue weighted by Crippen LogP contribution is -2.13. The summed E-state index contributed by atoms with van der Waals surface area (Å²) in [4.78, 5) is 17.6. The number of thioether (sulfide) groups is 1. The fraction of sp³-hybridized carbons (Fsp3) is 0.182. The number of anilines is 1. The van der Waals surface area contributed by atoms with Gasteiger partial charge in [0.1, 0.15) is 9.92 Å². The van der Waals surface area contributed by atoms with Crippen molar-refractivity contribution in [2.24, 2.45) is 0 Å². The molecule has 4 aromatic rings. The van der Waals surface area contributed by atoms with Gasteiger partial charge in [0.15, 0.2) is 5.76 Å². The molecule has 0 aliphatic heterocycles. The highest BCUT2D eigenvalue weighted by Crippen LogP contribution is 2.33. The molecule has 0 aliphatic rings. The van der Waals surface area contributed by atoms with E-state index in [1.807, 2.05) is 68.6 Å². The minimum atomic E-state index is -0.226. The number of para-hydroxylation sites is 1. The molecule has 0 aliphatic carbocycles. The van der Waals surface area contributed by atoms with Crippen LogP contribution in [0.25, 0.3) is 11.0 Å². The second-order valence-electron chi connectivity index (χ2n) is 6.72. The Morgan fingerprint density at radius 3 is 2.79 bits per heavy atom. The zero-order chi connectivity index (χ0) is 19.7. The van der Waals surface area contributed by atoms with Gasteiger partial charge in [-0.25, -0.2) is 4.98 Å². The molecule has 0 saturated carbocycles. The first-order chi connectivity index (χ1) is 13.5. The number of aryl methyl sites for hydroxylation is 3. The van der Waals surface area contributed by atoms with Gasteiger partial charge in [-0.1, -0.05) is 42.1 Å². The maximum atomic E-state index is 13.1. The van der Waals surface area contributed by atoms with Crippen LogP contribution < -0.4 is 5.32 Å². The van der Waals surface area contributed by atoms with Crippen LogP contribution in [-0.2, 0) is 5.75 Å². The van der Waals surface area contributed by atoms with Gasteiger partial charge < -0.3 is 9.73 Å². The smallest absolute Gasteiger partial charge is 0.291 e. The van der Waals surface area contributed by atoms with Crippen LogP contribution in [0.15, 0.2) is 56.6 Å². The van der Waals surface area contributed by atoms with E-state index in [0.29, 0.717) is 11.5 Å². The van der Waals surface area contributed by atoms with Crippen LogP contribution in [0.2, 0.25) is 0 Å². The summed E-state index contributed by atoms with van der Waals surface area (Å²) in [5.74, 6) is 0.762. The Labute approximate surface area is 172 Å². The zero-order valence-electron chi connectivity index (χ0n) is 15.9. The number of nitrogens with zero attached hydrogens (tertiary/aromatic N) is 1. The van der Waals surface area contributed by atoms with Gasteiger partial charge in [0, 0.05) is 33.5 Å². The number of rotatable bonds is 5. The van der Waals surface area contributed by atoms with Crippen LogP contribution in [0.3, 0.4) is 0 Å². The quantitative estimate of drug-likeness (QED) is 0.390. The van der Waals surface area contributed by atoms with Gasteiger partial charge in [-0.15, -0.1) is 11.3 Å². The summed E-state index contributed by atoms with van der Waals surface area (Å²) in [5, 5.41) is 6.01. The minimum absolute atomic E-state index is 0.226. The number of carbonyl (C=O) groups is 1. The van der Waals surface area contributed by atoms with E-state index in [9.17, 15) is 4.79 Å². The second-order valence-corrected chi connectivity index (χ2v) is 8.80. The first kappa shape index (κ1) is 18.8. The van der Waals surface area contributed by atoms with E-state index in [1.54, 1.807) is 23.1 Å². The lowest BCUT2D eigenvalue weighted by Gasteiger charge is -2.09. The normalized spacial score (nSPS) is 11.1. The molecule has 28 heavy (non-hydrogen) atoms. The number of nitrogens with one attached hydrogen (secondary N) is 1. The predicted octanol–water partition coefficient (Wildman–Crippen LogP) is 6.36. The summed E-state index contributed by atoms with van der Waals surface area (Å²) in [5.41, 5.74) is 5.55. The van der Waals surface area contributed by atoms with Gasteiger partial charge in [0.05, 0.1) is 0 Å². The third kappa shape index (κ3) is 3.84. The van der Waals surface area contributed by atoms with E-state index in [0.717, 1.165) is 43.4 Å². The fourth-order valence-corrected chi connectivity index (χ4v) is 4.88.